The van der Waals surface area contributed by atoms with Crippen molar-refractivity contribution in [2.24, 2.45) is 0 Å². The molecule has 0 unspecified atom stereocenters. The molecule has 0 spiro atoms. The van der Waals surface area contributed by atoms with Crippen LogP contribution in [0.5, 0.6) is 11.5 Å². The van der Waals surface area contributed by atoms with E-state index >= 15 is 0 Å². The van der Waals surface area contributed by atoms with Crippen LogP contribution in [-0.4, -0.2) is 26.3 Å². The van der Waals surface area contributed by atoms with Crippen molar-refractivity contribution >= 4 is 6.08 Å². The number of para-hydroxylation sites is 1. The minimum Gasteiger partial charge on any atom is -0.493 e. The van der Waals surface area contributed by atoms with Crippen LogP contribution in [0.25, 0.3) is 6.08 Å². The first-order valence-corrected chi connectivity index (χ1v) is 6.46. The molecule has 0 saturated carbocycles. The third kappa shape index (κ3) is 5.17. The van der Waals surface area contributed by atoms with Gasteiger partial charge in [0.1, 0.15) is 0 Å². The molecule has 1 N–H and O–H groups in total. The molecule has 0 aliphatic heterocycles. The molecule has 0 radical (unpaired) electrons. The van der Waals surface area contributed by atoms with Crippen LogP contribution in [0.15, 0.2) is 23.8 Å². The monoisotopic (exact) mass is 285 g/mol. The zero-order valence-corrected chi connectivity index (χ0v) is 12.2. The van der Waals surface area contributed by atoms with Crippen molar-refractivity contribution in [1.82, 2.24) is 5.32 Å². The highest BCUT2D eigenvalue weighted by atomic mass is 19.3. The molecule has 1 aromatic carbocycles. The second kappa shape index (κ2) is 7.85. The summed E-state index contributed by atoms with van der Waals surface area (Å²) in [5.74, 6) is 0.359. The molecule has 5 heteroatoms. The van der Waals surface area contributed by atoms with E-state index in [1.807, 2.05) is 26.8 Å². The first-order valence-electron chi connectivity index (χ1n) is 6.46. The Balaban J connectivity index is 3.01. The van der Waals surface area contributed by atoms with Gasteiger partial charge in [-0.1, -0.05) is 37.6 Å². The molecular weight excluding hydrogens is 264 g/mol. The lowest BCUT2D eigenvalue weighted by atomic mass is 10.1. The van der Waals surface area contributed by atoms with Crippen LogP contribution in [0.1, 0.15) is 26.3 Å². The zero-order valence-electron chi connectivity index (χ0n) is 12.2. The van der Waals surface area contributed by atoms with Crippen molar-refractivity contribution in [2.45, 2.75) is 33.4 Å². The molecule has 0 fully saturated rings. The maximum atomic E-state index is 12.5. The molecule has 0 bridgehead atoms. The van der Waals surface area contributed by atoms with Gasteiger partial charge >= 0.3 is 6.61 Å². The number of methoxy groups -OCH3 is 1. The van der Waals surface area contributed by atoms with E-state index < -0.39 is 6.61 Å². The third-order valence-corrected chi connectivity index (χ3v) is 2.63. The smallest absolute Gasteiger partial charge is 0.387 e. The van der Waals surface area contributed by atoms with E-state index in [0.717, 1.165) is 5.57 Å². The van der Waals surface area contributed by atoms with Crippen molar-refractivity contribution < 1.29 is 18.3 Å². The van der Waals surface area contributed by atoms with Gasteiger partial charge in [0.25, 0.3) is 0 Å². The standard InChI is InChI=1S/C15H21F2NO2/c1-10(2)18-9-11(3)8-12-6-5-7-13(19-4)14(12)20-15(16)17/h5-8,10,15,18H,9H2,1-4H3. The average Bonchev–Trinajstić information content (AvgIpc) is 2.37. The zero-order chi connectivity index (χ0) is 15.1. The maximum absolute atomic E-state index is 12.5. The third-order valence-electron chi connectivity index (χ3n) is 2.63. The molecule has 0 amide bonds. The summed E-state index contributed by atoms with van der Waals surface area (Å²) in [5, 5.41) is 3.27. The normalized spacial score (nSPS) is 12.1. The van der Waals surface area contributed by atoms with Crippen molar-refractivity contribution in [3.05, 3.63) is 29.3 Å². The Bertz CT molecular complexity index is 459. The maximum Gasteiger partial charge on any atom is 0.387 e. The summed E-state index contributed by atoms with van der Waals surface area (Å²) in [6, 6.07) is 5.42. The Morgan fingerprint density at radius 3 is 2.60 bits per heavy atom. The minimum atomic E-state index is -2.88. The van der Waals surface area contributed by atoms with Gasteiger partial charge < -0.3 is 14.8 Å². The van der Waals surface area contributed by atoms with Gasteiger partial charge in [-0.3, -0.25) is 0 Å². The number of rotatable bonds is 7. The van der Waals surface area contributed by atoms with E-state index in [1.54, 1.807) is 18.2 Å². The van der Waals surface area contributed by atoms with E-state index in [2.05, 4.69) is 10.1 Å². The largest absolute Gasteiger partial charge is 0.493 e. The first-order chi connectivity index (χ1) is 9.43. The van der Waals surface area contributed by atoms with Crippen LogP contribution < -0.4 is 14.8 Å². The van der Waals surface area contributed by atoms with Crippen LogP contribution in [0.2, 0.25) is 0 Å². The Morgan fingerprint density at radius 1 is 1.35 bits per heavy atom. The summed E-state index contributed by atoms with van der Waals surface area (Å²) in [6.07, 6.45) is 1.82. The number of halogens is 2. The summed E-state index contributed by atoms with van der Waals surface area (Å²) < 4.78 is 34.6. The Morgan fingerprint density at radius 2 is 2.05 bits per heavy atom. The fraction of sp³-hybridized carbons (Fsp3) is 0.467. The van der Waals surface area contributed by atoms with Crippen LogP contribution in [-0.2, 0) is 0 Å². The van der Waals surface area contributed by atoms with Gasteiger partial charge in [-0.2, -0.15) is 8.78 Å². The van der Waals surface area contributed by atoms with Crippen molar-refractivity contribution in [3.8, 4) is 11.5 Å². The molecule has 0 saturated heterocycles. The molecule has 0 aliphatic rings. The number of nitrogens with one attached hydrogen (secondary N) is 1. The Hall–Kier alpha value is -1.62. The molecule has 3 nitrogen and oxygen atoms in total. The second-order valence-corrected chi connectivity index (χ2v) is 4.78. The summed E-state index contributed by atoms with van der Waals surface area (Å²) in [4.78, 5) is 0. The molecule has 112 valence electrons. The van der Waals surface area contributed by atoms with E-state index in [-0.39, 0.29) is 5.75 Å². The predicted octanol–water partition coefficient (Wildman–Crippen LogP) is 3.70. The number of alkyl halides is 2. The van der Waals surface area contributed by atoms with E-state index in [4.69, 9.17) is 4.74 Å². The molecule has 1 rings (SSSR count). The van der Waals surface area contributed by atoms with Crippen LogP contribution in [0.3, 0.4) is 0 Å². The number of hydrogen-bond donors (Lipinski definition) is 1. The van der Waals surface area contributed by atoms with E-state index in [0.29, 0.717) is 23.9 Å². The van der Waals surface area contributed by atoms with Crippen molar-refractivity contribution in [1.29, 1.82) is 0 Å². The Kier molecular flexibility index (Phi) is 6.45. The Labute approximate surface area is 118 Å². The van der Waals surface area contributed by atoms with Gasteiger partial charge in [-0.25, -0.2) is 0 Å². The van der Waals surface area contributed by atoms with Gasteiger partial charge in [0.05, 0.1) is 7.11 Å². The molecular formula is C15H21F2NO2. The first kappa shape index (κ1) is 16.4. The van der Waals surface area contributed by atoms with Crippen molar-refractivity contribution in [2.75, 3.05) is 13.7 Å². The fourth-order valence-electron chi connectivity index (χ4n) is 1.70. The number of benzene rings is 1. The highest BCUT2D eigenvalue weighted by Gasteiger charge is 2.14. The summed E-state index contributed by atoms with van der Waals surface area (Å²) in [6.45, 7) is 3.82. The van der Waals surface area contributed by atoms with Crippen LogP contribution in [0, 0.1) is 0 Å². The number of ether oxygens (including phenoxy) is 2. The predicted molar refractivity (Wildman–Crippen MR) is 76.4 cm³/mol. The molecule has 0 atom stereocenters. The SMILES string of the molecule is COc1cccc(C=C(C)CNC(C)C)c1OC(F)F. The van der Waals surface area contributed by atoms with Crippen LogP contribution in [0.4, 0.5) is 8.78 Å². The summed E-state index contributed by atoms with van der Waals surface area (Å²) >= 11 is 0. The second-order valence-electron chi connectivity index (χ2n) is 4.78. The average molecular weight is 285 g/mol. The number of hydrogen-bond acceptors (Lipinski definition) is 3. The summed E-state index contributed by atoms with van der Waals surface area (Å²) in [7, 11) is 1.42. The molecule has 0 heterocycles. The van der Waals surface area contributed by atoms with Gasteiger partial charge in [-0.15, -0.1) is 0 Å². The quantitative estimate of drug-likeness (QED) is 0.828. The van der Waals surface area contributed by atoms with Gasteiger partial charge in [0.15, 0.2) is 11.5 Å². The molecule has 0 aromatic heterocycles. The van der Waals surface area contributed by atoms with Crippen molar-refractivity contribution in [3.63, 3.8) is 0 Å². The van der Waals surface area contributed by atoms with Gasteiger partial charge in [0.2, 0.25) is 0 Å². The molecule has 1 aromatic rings. The van der Waals surface area contributed by atoms with Gasteiger partial charge in [0, 0.05) is 18.2 Å². The topological polar surface area (TPSA) is 30.5 Å². The molecule has 0 aliphatic carbocycles. The van der Waals surface area contributed by atoms with Crippen LogP contribution >= 0.6 is 0 Å². The lowest BCUT2D eigenvalue weighted by molar-refractivity contribution is -0.0513. The van der Waals surface area contributed by atoms with E-state index in [1.165, 1.54) is 7.11 Å². The highest BCUT2D eigenvalue weighted by molar-refractivity contribution is 5.64. The fourth-order valence-corrected chi connectivity index (χ4v) is 1.70. The van der Waals surface area contributed by atoms with E-state index in [9.17, 15) is 8.78 Å². The van der Waals surface area contributed by atoms with Gasteiger partial charge in [-0.05, 0) is 13.0 Å². The minimum absolute atomic E-state index is 0.0638. The highest BCUT2D eigenvalue weighted by Crippen LogP contribution is 2.33. The summed E-state index contributed by atoms with van der Waals surface area (Å²) in [5.41, 5.74) is 1.60. The molecule has 20 heavy (non-hydrogen) atoms. The lowest BCUT2D eigenvalue weighted by Crippen LogP contribution is -2.24. The lowest BCUT2D eigenvalue weighted by Gasteiger charge is -2.13.